The summed E-state index contributed by atoms with van der Waals surface area (Å²) in [6, 6.07) is 8.36. The van der Waals surface area contributed by atoms with Crippen molar-refractivity contribution < 1.29 is 23.8 Å². The number of aromatic nitrogens is 3. The number of benzene rings is 1. The van der Waals surface area contributed by atoms with Crippen molar-refractivity contribution >= 4 is 23.3 Å². The summed E-state index contributed by atoms with van der Waals surface area (Å²) in [7, 11) is 0. The van der Waals surface area contributed by atoms with Crippen LogP contribution in [0.2, 0.25) is 0 Å². The lowest BCUT2D eigenvalue weighted by atomic mass is 10.1. The quantitative estimate of drug-likeness (QED) is 0.490. The highest BCUT2D eigenvalue weighted by Gasteiger charge is 2.21. The Morgan fingerprint density at radius 1 is 1.07 bits per heavy atom. The van der Waals surface area contributed by atoms with Gasteiger partial charge in [0.05, 0.1) is 13.2 Å². The number of H-pyrrole nitrogens is 1. The summed E-state index contributed by atoms with van der Waals surface area (Å²) in [6.07, 6.45) is 0. The lowest BCUT2D eigenvalue weighted by Crippen LogP contribution is -2.08. The van der Waals surface area contributed by atoms with Gasteiger partial charge in [-0.05, 0) is 43.5 Å². The topological polar surface area (TPSA) is 103 Å². The van der Waals surface area contributed by atoms with Crippen LogP contribution < -0.4 is 9.47 Å². The van der Waals surface area contributed by atoms with Gasteiger partial charge in [-0.25, -0.2) is 9.59 Å². The number of ether oxygens (including phenoxy) is 3. The number of hydrogen-bond donors (Lipinski definition) is 1. The molecule has 1 aromatic carbocycles. The molecule has 27 heavy (non-hydrogen) atoms. The maximum absolute atomic E-state index is 12.2. The van der Waals surface area contributed by atoms with Gasteiger partial charge < -0.3 is 14.2 Å². The minimum atomic E-state index is -0.576. The number of rotatable bonds is 7. The first kappa shape index (κ1) is 18.6. The van der Waals surface area contributed by atoms with Gasteiger partial charge in [-0.2, -0.15) is 10.3 Å². The summed E-state index contributed by atoms with van der Waals surface area (Å²) in [6.45, 7) is 4.13. The highest BCUT2D eigenvalue weighted by Crippen LogP contribution is 2.33. The number of nitrogens with zero attached hydrogens (tertiary/aromatic N) is 2. The zero-order chi connectivity index (χ0) is 19.2. The third kappa shape index (κ3) is 4.14. The molecular weight excluding hydrogens is 370 g/mol. The minimum Gasteiger partial charge on any atom is -0.490 e. The van der Waals surface area contributed by atoms with E-state index in [-0.39, 0.29) is 18.1 Å². The summed E-state index contributed by atoms with van der Waals surface area (Å²) in [4.78, 5) is 24.7. The molecule has 2 aromatic heterocycles. The third-order valence-corrected chi connectivity index (χ3v) is 4.31. The second kappa shape index (κ2) is 8.45. The smallest absolute Gasteiger partial charge is 0.361 e. The fourth-order valence-electron chi connectivity index (χ4n) is 2.33. The van der Waals surface area contributed by atoms with Crippen molar-refractivity contribution in [3.05, 3.63) is 46.3 Å². The molecule has 9 heteroatoms. The molecule has 8 nitrogen and oxygen atoms in total. The van der Waals surface area contributed by atoms with Gasteiger partial charge in [0.15, 0.2) is 17.2 Å². The van der Waals surface area contributed by atoms with Crippen LogP contribution in [-0.2, 0) is 4.74 Å². The van der Waals surface area contributed by atoms with Gasteiger partial charge in [-0.3, -0.25) is 0 Å². The van der Waals surface area contributed by atoms with E-state index in [2.05, 4.69) is 15.4 Å². The molecule has 0 fully saturated rings. The van der Waals surface area contributed by atoms with Gasteiger partial charge >= 0.3 is 11.9 Å². The summed E-state index contributed by atoms with van der Waals surface area (Å²) >= 11 is 1.29. The van der Waals surface area contributed by atoms with E-state index in [1.807, 2.05) is 6.92 Å². The Morgan fingerprint density at radius 3 is 2.63 bits per heavy atom. The zero-order valence-corrected chi connectivity index (χ0v) is 15.5. The van der Waals surface area contributed by atoms with Gasteiger partial charge in [0.1, 0.15) is 10.6 Å². The first-order chi connectivity index (χ1) is 13.1. The van der Waals surface area contributed by atoms with Gasteiger partial charge in [0.2, 0.25) is 0 Å². The van der Waals surface area contributed by atoms with Crippen LogP contribution in [0.5, 0.6) is 11.5 Å². The number of thiophene rings is 1. The van der Waals surface area contributed by atoms with Gasteiger partial charge in [0, 0.05) is 5.56 Å². The van der Waals surface area contributed by atoms with Crippen molar-refractivity contribution in [1.82, 2.24) is 15.4 Å². The van der Waals surface area contributed by atoms with Crippen LogP contribution in [0.4, 0.5) is 0 Å². The van der Waals surface area contributed by atoms with Crippen LogP contribution in [0.1, 0.15) is 34.0 Å². The summed E-state index contributed by atoms with van der Waals surface area (Å²) in [5, 5.41) is 12.1. The highest BCUT2D eigenvalue weighted by atomic mass is 32.1. The molecule has 0 saturated carbocycles. The maximum Gasteiger partial charge on any atom is 0.361 e. The fourth-order valence-corrected chi connectivity index (χ4v) is 2.93. The normalized spacial score (nSPS) is 10.4. The molecule has 0 aliphatic heterocycles. The van der Waals surface area contributed by atoms with Crippen molar-refractivity contribution in [1.29, 1.82) is 0 Å². The zero-order valence-electron chi connectivity index (χ0n) is 14.7. The number of carbonyl (C=O) groups is 2. The lowest BCUT2D eigenvalue weighted by molar-refractivity contribution is 0.0520. The molecule has 3 aromatic rings. The molecule has 140 valence electrons. The molecular formula is C18H17N3O5S. The Morgan fingerprint density at radius 2 is 1.93 bits per heavy atom. The third-order valence-electron chi connectivity index (χ3n) is 3.46. The average Bonchev–Trinajstić information content (AvgIpc) is 3.35. The molecule has 0 atom stereocenters. The average molecular weight is 387 g/mol. The Bertz CT molecular complexity index is 936. The molecule has 0 aliphatic rings. The summed E-state index contributed by atoms with van der Waals surface area (Å²) < 4.78 is 16.0. The first-order valence-corrected chi connectivity index (χ1v) is 9.12. The second-order valence-corrected chi connectivity index (χ2v) is 6.15. The van der Waals surface area contributed by atoms with Gasteiger partial charge in [-0.1, -0.05) is 6.07 Å². The van der Waals surface area contributed by atoms with Gasteiger partial charge in [0.25, 0.3) is 0 Å². The van der Waals surface area contributed by atoms with Crippen LogP contribution >= 0.6 is 11.3 Å². The minimum absolute atomic E-state index is 0.0719. The van der Waals surface area contributed by atoms with Gasteiger partial charge in [-0.15, -0.1) is 16.4 Å². The fraction of sp³-hybridized carbons (Fsp3) is 0.222. The van der Waals surface area contributed by atoms with E-state index >= 15 is 0 Å². The Hall–Kier alpha value is -3.20. The van der Waals surface area contributed by atoms with Crippen LogP contribution in [-0.4, -0.2) is 40.6 Å². The second-order valence-electron chi connectivity index (χ2n) is 5.20. The van der Waals surface area contributed by atoms with E-state index in [0.717, 1.165) is 0 Å². The monoisotopic (exact) mass is 387 g/mol. The van der Waals surface area contributed by atoms with Crippen molar-refractivity contribution in [2.45, 2.75) is 13.8 Å². The maximum atomic E-state index is 12.2. The van der Waals surface area contributed by atoms with E-state index in [0.29, 0.717) is 28.5 Å². The largest absolute Gasteiger partial charge is 0.490 e. The van der Waals surface area contributed by atoms with E-state index in [9.17, 15) is 9.59 Å². The predicted octanol–water partition coefficient (Wildman–Crippen LogP) is 3.33. The number of hydrogen-bond acceptors (Lipinski definition) is 8. The van der Waals surface area contributed by atoms with E-state index in [1.54, 1.807) is 42.6 Å². The molecule has 0 unspecified atom stereocenters. The van der Waals surface area contributed by atoms with Crippen molar-refractivity contribution in [2.24, 2.45) is 0 Å². The molecule has 0 amide bonds. The van der Waals surface area contributed by atoms with E-state index in [4.69, 9.17) is 14.2 Å². The Labute approximate surface area is 159 Å². The molecule has 0 aliphatic carbocycles. The lowest BCUT2D eigenvalue weighted by Gasteiger charge is -2.11. The number of esters is 2. The van der Waals surface area contributed by atoms with E-state index < -0.39 is 11.9 Å². The van der Waals surface area contributed by atoms with Crippen LogP contribution in [0.3, 0.4) is 0 Å². The molecule has 3 rings (SSSR count). The van der Waals surface area contributed by atoms with Crippen LogP contribution in [0.15, 0.2) is 35.7 Å². The molecule has 0 bridgehead atoms. The Balaban J connectivity index is 1.91. The SMILES string of the molecule is CCOC(=O)c1n[nH]nc1-c1ccc(OC(=O)c2cccs2)c(OCC)c1. The highest BCUT2D eigenvalue weighted by molar-refractivity contribution is 7.12. The summed E-state index contributed by atoms with van der Waals surface area (Å²) in [5.74, 6) is -0.405. The molecule has 2 heterocycles. The number of aromatic amines is 1. The standard InChI is InChI=1S/C18H17N3O5S/c1-3-24-13-10-11(15-16(20-21-19-15)18(23)25-4-2)7-8-12(13)26-17(22)14-6-5-9-27-14/h5-10H,3-4H2,1-2H3,(H,19,20,21). The van der Waals surface area contributed by atoms with Crippen molar-refractivity contribution in [2.75, 3.05) is 13.2 Å². The van der Waals surface area contributed by atoms with Crippen LogP contribution in [0.25, 0.3) is 11.3 Å². The van der Waals surface area contributed by atoms with E-state index in [1.165, 1.54) is 11.3 Å². The Kier molecular flexibility index (Phi) is 5.82. The van der Waals surface area contributed by atoms with Crippen molar-refractivity contribution in [3.8, 4) is 22.8 Å². The first-order valence-electron chi connectivity index (χ1n) is 8.24. The van der Waals surface area contributed by atoms with Crippen LogP contribution in [0, 0.1) is 0 Å². The summed E-state index contributed by atoms with van der Waals surface area (Å²) in [5.41, 5.74) is 0.972. The molecule has 1 N–H and O–H groups in total. The van der Waals surface area contributed by atoms with Crippen molar-refractivity contribution in [3.63, 3.8) is 0 Å². The molecule has 0 radical (unpaired) electrons. The number of carbonyl (C=O) groups excluding carboxylic acids is 2. The molecule has 0 spiro atoms. The molecule has 0 saturated heterocycles. The predicted molar refractivity (Wildman–Crippen MR) is 98.2 cm³/mol. The number of nitrogens with one attached hydrogen (secondary N) is 1.